The van der Waals surface area contributed by atoms with Crippen LogP contribution < -0.4 is 4.74 Å². The number of hydrogen-bond acceptors (Lipinski definition) is 3. The molecule has 1 aliphatic heterocycles. The van der Waals surface area contributed by atoms with Crippen molar-refractivity contribution in [2.45, 2.75) is 45.2 Å². The van der Waals surface area contributed by atoms with Gasteiger partial charge in [-0.1, -0.05) is 38.0 Å². The van der Waals surface area contributed by atoms with Gasteiger partial charge in [0.05, 0.1) is 7.11 Å². The van der Waals surface area contributed by atoms with E-state index in [4.69, 9.17) is 4.74 Å². The van der Waals surface area contributed by atoms with Crippen molar-refractivity contribution in [1.29, 1.82) is 0 Å². The first-order chi connectivity index (χ1) is 10.8. The first-order valence-electron chi connectivity index (χ1n) is 8.84. The first-order valence-corrected chi connectivity index (χ1v) is 8.84. The van der Waals surface area contributed by atoms with Crippen molar-refractivity contribution in [3.63, 3.8) is 0 Å². The second-order valence-corrected chi connectivity index (χ2v) is 7.05. The highest BCUT2D eigenvalue weighted by atomic mass is 16.5. The Morgan fingerprint density at radius 3 is 2.59 bits per heavy atom. The summed E-state index contributed by atoms with van der Waals surface area (Å²) in [5.41, 5.74) is 1.31. The van der Waals surface area contributed by atoms with Crippen LogP contribution in [0.15, 0.2) is 24.3 Å². The molecule has 0 N–H and O–H groups in total. The van der Waals surface area contributed by atoms with E-state index in [1.165, 1.54) is 57.4 Å². The molecule has 2 aliphatic rings. The van der Waals surface area contributed by atoms with Crippen molar-refractivity contribution < 1.29 is 4.74 Å². The fourth-order valence-electron chi connectivity index (χ4n) is 4.09. The average molecular weight is 302 g/mol. The van der Waals surface area contributed by atoms with E-state index in [1.54, 1.807) is 7.11 Å². The minimum atomic E-state index is 0.845. The third-order valence-electron chi connectivity index (χ3n) is 5.42. The van der Waals surface area contributed by atoms with Gasteiger partial charge in [-0.2, -0.15) is 0 Å². The Bertz CT molecular complexity index is 468. The minimum Gasteiger partial charge on any atom is -0.496 e. The molecule has 0 amide bonds. The molecule has 1 aliphatic carbocycles. The maximum atomic E-state index is 5.48. The Hall–Kier alpha value is -1.06. The Morgan fingerprint density at radius 2 is 1.86 bits per heavy atom. The number of hydrogen-bond donors (Lipinski definition) is 0. The monoisotopic (exact) mass is 302 g/mol. The van der Waals surface area contributed by atoms with Crippen molar-refractivity contribution in [1.82, 2.24) is 9.80 Å². The molecule has 2 fully saturated rings. The van der Waals surface area contributed by atoms with Crippen LogP contribution in [0.4, 0.5) is 0 Å². The molecule has 122 valence electrons. The van der Waals surface area contributed by atoms with Crippen LogP contribution >= 0.6 is 0 Å². The number of nitrogens with zero attached hydrogens (tertiary/aromatic N) is 2. The van der Waals surface area contributed by atoms with E-state index in [1.807, 2.05) is 6.07 Å². The lowest BCUT2D eigenvalue weighted by molar-refractivity contribution is 0.0656. The van der Waals surface area contributed by atoms with E-state index in [2.05, 4.69) is 34.9 Å². The molecule has 0 aromatic heterocycles. The molecule has 1 aromatic carbocycles. The molecule has 2 atom stereocenters. The molecule has 0 spiro atoms. The van der Waals surface area contributed by atoms with E-state index < -0.39 is 0 Å². The predicted molar refractivity (Wildman–Crippen MR) is 91.3 cm³/mol. The molecular weight excluding hydrogens is 272 g/mol. The van der Waals surface area contributed by atoms with Crippen molar-refractivity contribution in [3.05, 3.63) is 29.8 Å². The summed E-state index contributed by atoms with van der Waals surface area (Å²) >= 11 is 0. The van der Waals surface area contributed by atoms with Gasteiger partial charge in [-0.25, -0.2) is 0 Å². The maximum Gasteiger partial charge on any atom is 0.123 e. The van der Waals surface area contributed by atoms with Gasteiger partial charge in [0.15, 0.2) is 0 Å². The summed E-state index contributed by atoms with van der Waals surface area (Å²) in [5.74, 6) is 1.94. The summed E-state index contributed by atoms with van der Waals surface area (Å²) in [4.78, 5) is 5.31. The standard InChI is InChI=1S/C19H30N2O/c1-16-6-5-8-18(14-16)21-12-10-20(11-13-21)15-17-7-3-4-9-19(17)22-2/h3-4,7,9,16,18H,5-6,8,10-15H2,1-2H3/t16-,18+/m1/s1. The Kier molecular flexibility index (Phi) is 5.37. The quantitative estimate of drug-likeness (QED) is 0.848. The van der Waals surface area contributed by atoms with E-state index in [0.29, 0.717) is 0 Å². The van der Waals surface area contributed by atoms with Gasteiger partial charge in [0.25, 0.3) is 0 Å². The van der Waals surface area contributed by atoms with Gasteiger partial charge in [-0.15, -0.1) is 0 Å². The third-order valence-corrected chi connectivity index (χ3v) is 5.42. The summed E-state index contributed by atoms with van der Waals surface area (Å²) in [5, 5.41) is 0. The zero-order valence-electron chi connectivity index (χ0n) is 14.1. The Labute approximate surface area is 135 Å². The lowest BCUT2D eigenvalue weighted by Gasteiger charge is -2.42. The number of benzene rings is 1. The summed E-state index contributed by atoms with van der Waals surface area (Å²) < 4.78 is 5.48. The lowest BCUT2D eigenvalue weighted by atomic mass is 9.86. The van der Waals surface area contributed by atoms with Gasteiger partial charge in [0.2, 0.25) is 0 Å². The highest BCUT2D eigenvalue weighted by molar-refractivity contribution is 5.33. The van der Waals surface area contributed by atoms with Gasteiger partial charge in [0, 0.05) is 44.3 Å². The Morgan fingerprint density at radius 1 is 1.09 bits per heavy atom. The summed E-state index contributed by atoms with van der Waals surface area (Å²) in [6.07, 6.45) is 5.68. The topological polar surface area (TPSA) is 15.7 Å². The van der Waals surface area contributed by atoms with Gasteiger partial charge < -0.3 is 4.74 Å². The van der Waals surface area contributed by atoms with Gasteiger partial charge >= 0.3 is 0 Å². The zero-order valence-corrected chi connectivity index (χ0v) is 14.1. The molecule has 3 nitrogen and oxygen atoms in total. The smallest absolute Gasteiger partial charge is 0.123 e. The highest BCUT2D eigenvalue weighted by Crippen LogP contribution is 2.28. The highest BCUT2D eigenvalue weighted by Gasteiger charge is 2.27. The zero-order chi connectivity index (χ0) is 15.4. The van der Waals surface area contributed by atoms with Crippen LogP contribution in [-0.4, -0.2) is 49.1 Å². The second-order valence-electron chi connectivity index (χ2n) is 7.05. The largest absolute Gasteiger partial charge is 0.496 e. The van der Waals surface area contributed by atoms with Crippen LogP contribution in [0.2, 0.25) is 0 Å². The summed E-state index contributed by atoms with van der Waals surface area (Å²) in [6.45, 7) is 8.26. The molecule has 1 saturated carbocycles. The van der Waals surface area contributed by atoms with E-state index in [9.17, 15) is 0 Å². The number of rotatable bonds is 4. The first kappa shape index (κ1) is 15.8. The van der Waals surface area contributed by atoms with Crippen molar-refractivity contribution in [2.75, 3.05) is 33.3 Å². The molecule has 1 aromatic rings. The van der Waals surface area contributed by atoms with E-state index in [-0.39, 0.29) is 0 Å². The molecule has 0 bridgehead atoms. The van der Waals surface area contributed by atoms with Gasteiger partial charge in [-0.05, 0) is 24.8 Å². The molecule has 3 rings (SSSR count). The van der Waals surface area contributed by atoms with Crippen LogP contribution in [0, 0.1) is 5.92 Å². The fourth-order valence-corrected chi connectivity index (χ4v) is 4.09. The van der Waals surface area contributed by atoms with Gasteiger partial charge in [-0.3, -0.25) is 9.80 Å². The number of piperazine rings is 1. The van der Waals surface area contributed by atoms with Crippen molar-refractivity contribution in [3.8, 4) is 5.75 Å². The number of ether oxygens (including phenoxy) is 1. The molecule has 3 heteroatoms. The van der Waals surface area contributed by atoms with Gasteiger partial charge in [0.1, 0.15) is 5.75 Å². The SMILES string of the molecule is COc1ccccc1CN1CCN([C@H]2CCC[C@@H](C)C2)CC1. The third kappa shape index (κ3) is 3.82. The van der Waals surface area contributed by atoms with Crippen LogP contribution in [-0.2, 0) is 6.54 Å². The second kappa shape index (κ2) is 7.47. The van der Waals surface area contributed by atoms with Crippen molar-refractivity contribution in [2.24, 2.45) is 5.92 Å². The van der Waals surface area contributed by atoms with Crippen LogP contribution in [0.5, 0.6) is 5.75 Å². The molecular formula is C19H30N2O. The minimum absolute atomic E-state index is 0.845. The summed E-state index contributed by atoms with van der Waals surface area (Å²) in [6, 6.07) is 9.25. The molecule has 0 unspecified atom stereocenters. The van der Waals surface area contributed by atoms with E-state index in [0.717, 1.165) is 24.3 Å². The normalized spacial score (nSPS) is 27.7. The Balaban J connectivity index is 1.51. The molecule has 1 heterocycles. The van der Waals surface area contributed by atoms with Crippen molar-refractivity contribution >= 4 is 0 Å². The molecule has 22 heavy (non-hydrogen) atoms. The van der Waals surface area contributed by atoms with Crippen LogP contribution in [0.1, 0.15) is 38.2 Å². The maximum absolute atomic E-state index is 5.48. The number of methoxy groups -OCH3 is 1. The predicted octanol–water partition coefficient (Wildman–Crippen LogP) is 3.39. The average Bonchev–Trinajstić information content (AvgIpc) is 2.56. The van der Waals surface area contributed by atoms with Crippen LogP contribution in [0.25, 0.3) is 0 Å². The summed E-state index contributed by atoms with van der Waals surface area (Å²) in [7, 11) is 1.76. The number of para-hydroxylation sites is 1. The fraction of sp³-hybridized carbons (Fsp3) is 0.684. The molecule has 0 radical (unpaired) electrons. The lowest BCUT2D eigenvalue weighted by Crippen LogP contribution is -2.50. The van der Waals surface area contributed by atoms with Crippen LogP contribution in [0.3, 0.4) is 0 Å². The van der Waals surface area contributed by atoms with E-state index >= 15 is 0 Å². The molecule has 1 saturated heterocycles.